The van der Waals surface area contributed by atoms with Crippen molar-refractivity contribution in [3.05, 3.63) is 119 Å². The topological polar surface area (TPSA) is 41.9 Å². The van der Waals surface area contributed by atoms with Gasteiger partial charge in [-0.1, -0.05) is 54.6 Å². The molecule has 2 atom stereocenters. The number of hydrogen-bond acceptors (Lipinski definition) is 3. The van der Waals surface area contributed by atoms with Crippen LogP contribution in [0.2, 0.25) is 0 Å². The summed E-state index contributed by atoms with van der Waals surface area (Å²) in [5, 5.41) is 8.47. The van der Waals surface area contributed by atoms with Gasteiger partial charge in [0.05, 0.1) is 11.8 Å². The van der Waals surface area contributed by atoms with Crippen LogP contribution in [0.5, 0.6) is 5.75 Å². The summed E-state index contributed by atoms with van der Waals surface area (Å²) in [4.78, 5) is 13.5. The van der Waals surface area contributed by atoms with Crippen LogP contribution in [0.1, 0.15) is 36.4 Å². The van der Waals surface area contributed by atoms with E-state index in [2.05, 4.69) is 0 Å². The van der Waals surface area contributed by atoms with Gasteiger partial charge in [-0.25, -0.2) is 13.8 Å². The van der Waals surface area contributed by atoms with E-state index < -0.39 is 0 Å². The molecule has 1 amide bonds. The van der Waals surface area contributed by atoms with Crippen molar-refractivity contribution in [1.29, 1.82) is 0 Å². The third-order valence-corrected chi connectivity index (χ3v) is 7.26. The molecule has 38 heavy (non-hydrogen) atoms. The number of allylic oxidation sites excluding steroid dienone is 1. The van der Waals surface area contributed by atoms with E-state index in [1.54, 1.807) is 24.3 Å². The van der Waals surface area contributed by atoms with Crippen molar-refractivity contribution >= 4 is 28.5 Å². The number of ether oxygens (including phenoxy) is 1. The highest BCUT2D eigenvalue weighted by atomic mass is 19.1. The van der Waals surface area contributed by atoms with Gasteiger partial charge < -0.3 is 4.74 Å². The van der Waals surface area contributed by atoms with Crippen molar-refractivity contribution in [2.45, 2.75) is 25.3 Å². The molecule has 6 rings (SSSR count). The summed E-state index contributed by atoms with van der Waals surface area (Å²) in [6.45, 7) is -0.170. The lowest BCUT2D eigenvalue weighted by molar-refractivity contribution is -0.135. The van der Waals surface area contributed by atoms with Crippen LogP contribution in [0, 0.1) is 17.6 Å². The Morgan fingerprint density at radius 1 is 0.921 bits per heavy atom. The zero-order chi connectivity index (χ0) is 26.1. The third kappa shape index (κ3) is 4.82. The number of hydrogen-bond donors (Lipinski definition) is 0. The fourth-order valence-corrected chi connectivity index (χ4v) is 5.43. The minimum Gasteiger partial charge on any atom is -0.484 e. The van der Waals surface area contributed by atoms with Crippen LogP contribution in [0.25, 0.3) is 16.8 Å². The fourth-order valence-electron chi connectivity index (χ4n) is 5.43. The maximum Gasteiger partial charge on any atom is 0.281 e. The van der Waals surface area contributed by atoms with E-state index in [1.165, 1.54) is 29.3 Å². The molecule has 0 N–H and O–H groups in total. The first-order chi connectivity index (χ1) is 18.5. The SMILES string of the molecule is O=C(COc1ccc2ccccc2c1)N1N=C2/C(=C/c3ccc(F)cc3)CCC[C@@H]2[C@@H]1c1ccc(F)cc1. The van der Waals surface area contributed by atoms with Crippen LogP contribution < -0.4 is 4.74 Å². The highest BCUT2D eigenvalue weighted by molar-refractivity contribution is 6.08. The number of halogens is 2. The van der Waals surface area contributed by atoms with Gasteiger partial charge in [-0.15, -0.1) is 0 Å². The van der Waals surface area contributed by atoms with Crippen LogP contribution in [-0.2, 0) is 4.79 Å². The molecule has 1 heterocycles. The number of amides is 1. The van der Waals surface area contributed by atoms with Gasteiger partial charge in [0.25, 0.3) is 5.91 Å². The van der Waals surface area contributed by atoms with E-state index >= 15 is 0 Å². The normalized spacial score (nSPS) is 19.9. The first kappa shape index (κ1) is 24.0. The van der Waals surface area contributed by atoms with Crippen molar-refractivity contribution in [2.24, 2.45) is 11.0 Å². The van der Waals surface area contributed by atoms with Gasteiger partial charge in [0.15, 0.2) is 6.61 Å². The van der Waals surface area contributed by atoms with E-state index in [0.29, 0.717) is 5.75 Å². The monoisotopic (exact) mass is 508 g/mol. The number of carbonyl (C=O) groups is 1. The molecule has 0 spiro atoms. The van der Waals surface area contributed by atoms with E-state index in [9.17, 15) is 13.6 Å². The molecule has 4 aromatic rings. The van der Waals surface area contributed by atoms with Crippen molar-refractivity contribution < 1.29 is 18.3 Å². The molecule has 1 aliphatic carbocycles. The van der Waals surface area contributed by atoms with E-state index in [-0.39, 0.29) is 36.1 Å². The molecule has 1 aliphatic heterocycles. The Kier molecular flexibility index (Phi) is 6.46. The molecule has 190 valence electrons. The second-order valence-electron chi connectivity index (χ2n) is 9.74. The number of fused-ring (bicyclic) bond motifs is 2. The molecule has 6 heteroatoms. The van der Waals surface area contributed by atoms with Gasteiger partial charge in [-0.05, 0) is 89.2 Å². The summed E-state index contributed by atoms with van der Waals surface area (Å²) in [5.41, 5.74) is 3.60. The zero-order valence-electron chi connectivity index (χ0n) is 20.7. The van der Waals surface area contributed by atoms with Crippen LogP contribution >= 0.6 is 0 Å². The lowest BCUT2D eigenvalue weighted by Crippen LogP contribution is -2.34. The molecular weight excluding hydrogens is 482 g/mol. The van der Waals surface area contributed by atoms with Crippen LogP contribution in [0.4, 0.5) is 8.78 Å². The molecule has 0 unspecified atom stereocenters. The second-order valence-corrected chi connectivity index (χ2v) is 9.74. The summed E-state index contributed by atoms with van der Waals surface area (Å²) in [6, 6.07) is 26.0. The van der Waals surface area contributed by atoms with Crippen LogP contribution in [0.3, 0.4) is 0 Å². The molecule has 1 fully saturated rings. The van der Waals surface area contributed by atoms with E-state index in [1.807, 2.05) is 48.5 Å². The Balaban J connectivity index is 1.30. The number of nitrogens with zero attached hydrogens (tertiary/aromatic N) is 2. The standard InChI is InChI=1S/C32H26F2N2O2/c33-26-13-8-21(9-14-26)18-25-6-3-7-29-31(25)35-36(32(29)23-10-15-27(34)16-11-23)30(37)20-38-28-17-12-22-4-1-2-5-24(22)19-28/h1-2,4-5,8-19,29,32H,3,6-7,20H2/b25-18+/t29-,32-/m0/s1. The van der Waals surface area contributed by atoms with Gasteiger partial charge in [0, 0.05) is 5.92 Å². The maximum absolute atomic E-state index is 13.7. The van der Waals surface area contributed by atoms with E-state index in [0.717, 1.165) is 52.4 Å². The molecular formula is C32H26F2N2O2. The number of hydrazone groups is 1. The maximum atomic E-state index is 13.7. The average Bonchev–Trinajstić information content (AvgIpc) is 3.34. The molecule has 0 radical (unpaired) electrons. The second kappa shape index (κ2) is 10.2. The molecule has 4 nitrogen and oxygen atoms in total. The Morgan fingerprint density at radius 3 is 2.39 bits per heavy atom. The lowest BCUT2D eigenvalue weighted by Gasteiger charge is -2.29. The van der Waals surface area contributed by atoms with Crippen molar-refractivity contribution in [3.63, 3.8) is 0 Å². The number of rotatable bonds is 5. The van der Waals surface area contributed by atoms with Gasteiger partial charge in [-0.3, -0.25) is 4.79 Å². The lowest BCUT2D eigenvalue weighted by atomic mass is 9.77. The number of carbonyl (C=O) groups excluding carboxylic acids is 1. The number of benzene rings is 4. The zero-order valence-corrected chi connectivity index (χ0v) is 20.7. The average molecular weight is 509 g/mol. The van der Waals surface area contributed by atoms with Gasteiger partial charge >= 0.3 is 0 Å². The molecule has 2 aliphatic rings. The highest BCUT2D eigenvalue weighted by Gasteiger charge is 2.43. The molecule has 0 saturated heterocycles. The molecule has 0 aromatic heterocycles. The van der Waals surface area contributed by atoms with Gasteiger partial charge in [-0.2, -0.15) is 5.10 Å². The smallest absolute Gasteiger partial charge is 0.281 e. The van der Waals surface area contributed by atoms with Crippen LogP contribution in [0.15, 0.2) is 102 Å². The van der Waals surface area contributed by atoms with Crippen LogP contribution in [-0.4, -0.2) is 23.2 Å². The minimum atomic E-state index is -0.352. The Morgan fingerprint density at radius 2 is 1.63 bits per heavy atom. The van der Waals surface area contributed by atoms with Crippen molar-refractivity contribution in [2.75, 3.05) is 6.61 Å². The summed E-state index contributed by atoms with van der Waals surface area (Å²) in [5.74, 6) is -0.296. The first-order valence-corrected chi connectivity index (χ1v) is 12.8. The Labute approximate surface area is 219 Å². The molecule has 0 bridgehead atoms. The van der Waals surface area contributed by atoms with E-state index in [4.69, 9.17) is 9.84 Å². The molecule has 4 aromatic carbocycles. The van der Waals surface area contributed by atoms with Crippen molar-refractivity contribution in [1.82, 2.24) is 5.01 Å². The highest BCUT2D eigenvalue weighted by Crippen LogP contribution is 2.44. The fraction of sp³-hybridized carbons (Fsp3) is 0.188. The Bertz CT molecular complexity index is 1540. The summed E-state index contributed by atoms with van der Waals surface area (Å²) >= 11 is 0. The van der Waals surface area contributed by atoms with Gasteiger partial charge in [0.2, 0.25) is 0 Å². The Hall–Kier alpha value is -4.32. The summed E-state index contributed by atoms with van der Waals surface area (Å²) in [7, 11) is 0. The first-order valence-electron chi connectivity index (χ1n) is 12.8. The largest absolute Gasteiger partial charge is 0.484 e. The predicted octanol–water partition coefficient (Wildman–Crippen LogP) is 7.32. The van der Waals surface area contributed by atoms with Crippen molar-refractivity contribution in [3.8, 4) is 5.75 Å². The van der Waals surface area contributed by atoms with Gasteiger partial charge in [0.1, 0.15) is 17.4 Å². The summed E-state index contributed by atoms with van der Waals surface area (Å²) < 4.78 is 33.1. The quantitative estimate of drug-likeness (QED) is 0.283. The molecule has 1 saturated carbocycles. The predicted molar refractivity (Wildman–Crippen MR) is 145 cm³/mol. The summed E-state index contributed by atoms with van der Waals surface area (Å²) in [6.07, 6.45) is 4.63. The minimum absolute atomic E-state index is 0.0227. The third-order valence-electron chi connectivity index (χ3n) is 7.26.